The molecule has 1 aromatic carbocycles. The molecule has 1 aromatic rings. The van der Waals surface area contributed by atoms with E-state index in [1.165, 1.54) is 44.3 Å². The van der Waals surface area contributed by atoms with Gasteiger partial charge >= 0.3 is 5.17 Å². The molecule has 0 aliphatic rings. The number of thioether (sulfide) groups is 2. The number of amidine groups is 1. The van der Waals surface area contributed by atoms with E-state index in [9.17, 15) is 0 Å². The first-order valence-corrected chi connectivity index (χ1v) is 10.1. The Morgan fingerprint density at radius 2 is 1.86 bits per heavy atom. The lowest BCUT2D eigenvalue weighted by molar-refractivity contribution is -0.352. The van der Waals surface area contributed by atoms with Gasteiger partial charge in [-0.2, -0.15) is 17.1 Å². The lowest BCUT2D eigenvalue weighted by atomic mass is 10.1. The maximum atomic E-state index is 8.82. The molecule has 0 radical (unpaired) electrons. The molecular formula is C17H26N3S2+. The summed E-state index contributed by atoms with van der Waals surface area (Å²) < 4.78 is 0. The van der Waals surface area contributed by atoms with Gasteiger partial charge in [-0.1, -0.05) is 57.2 Å². The lowest BCUT2D eigenvalue weighted by Crippen LogP contribution is -2.68. The number of para-hydroxylation sites is 1. The van der Waals surface area contributed by atoms with Crippen LogP contribution in [0, 0.1) is 11.5 Å². The van der Waals surface area contributed by atoms with Crippen LogP contribution in [0.1, 0.15) is 45.4 Å². The first-order valence-electron chi connectivity index (χ1n) is 7.91. The second kappa shape index (κ2) is 13.5. The Labute approximate surface area is 143 Å². The predicted molar refractivity (Wildman–Crippen MR) is 99.1 cm³/mol. The molecule has 0 saturated heterocycles. The van der Waals surface area contributed by atoms with Crippen LogP contribution in [0.2, 0.25) is 0 Å². The lowest BCUT2D eigenvalue weighted by Gasteiger charge is -2.01. The van der Waals surface area contributed by atoms with Crippen molar-refractivity contribution in [3.05, 3.63) is 30.3 Å². The molecule has 0 aromatic heterocycles. The maximum absolute atomic E-state index is 8.82. The summed E-state index contributed by atoms with van der Waals surface area (Å²) in [5.74, 6) is 1.20. The van der Waals surface area contributed by atoms with Crippen LogP contribution < -0.4 is 10.3 Å². The van der Waals surface area contributed by atoms with Crippen molar-refractivity contribution in [2.24, 2.45) is 0 Å². The highest BCUT2D eigenvalue weighted by atomic mass is 32.2. The molecule has 0 unspecified atom stereocenters. The van der Waals surface area contributed by atoms with Crippen molar-refractivity contribution < 1.29 is 4.99 Å². The van der Waals surface area contributed by atoms with Gasteiger partial charge in [-0.05, 0) is 36.1 Å². The standard InChI is InChI=1S/C17H25N3S2/c1-2-3-4-5-6-10-13-21-15-22-17(19-14-18)20-16-11-8-7-9-12-16/h7-9,11-12H,2-6,10,13,15H2,1H3,(H,19,20)/p+1. The molecular weight excluding hydrogens is 310 g/mol. The second-order valence-corrected chi connectivity index (χ2v) is 7.45. The SMILES string of the molecule is CCCCCCCCSCSC(NC#N)=[NH+]c1ccccc1. The Morgan fingerprint density at radius 1 is 1.14 bits per heavy atom. The number of nitrogens with zero attached hydrogens (tertiary/aromatic N) is 1. The van der Waals surface area contributed by atoms with Crippen molar-refractivity contribution in [2.45, 2.75) is 45.4 Å². The van der Waals surface area contributed by atoms with E-state index in [0.717, 1.165) is 15.9 Å². The number of benzene rings is 1. The Morgan fingerprint density at radius 3 is 2.59 bits per heavy atom. The summed E-state index contributed by atoms with van der Waals surface area (Å²) in [4.78, 5) is 3.24. The van der Waals surface area contributed by atoms with Gasteiger partial charge in [0.05, 0.1) is 5.08 Å². The third-order valence-electron chi connectivity index (χ3n) is 3.13. The van der Waals surface area contributed by atoms with Gasteiger partial charge in [-0.15, -0.1) is 5.26 Å². The minimum atomic E-state index is 0.796. The van der Waals surface area contributed by atoms with Crippen molar-refractivity contribution in [3.8, 4) is 6.19 Å². The van der Waals surface area contributed by atoms with Gasteiger partial charge in [0.15, 0.2) is 0 Å². The van der Waals surface area contributed by atoms with Gasteiger partial charge in [0, 0.05) is 0 Å². The summed E-state index contributed by atoms with van der Waals surface area (Å²) in [6.07, 6.45) is 10.0. The van der Waals surface area contributed by atoms with Crippen molar-refractivity contribution in [2.75, 3.05) is 10.8 Å². The summed E-state index contributed by atoms with van der Waals surface area (Å²) >= 11 is 3.58. The number of nitriles is 1. The van der Waals surface area contributed by atoms with E-state index in [-0.39, 0.29) is 0 Å². The fourth-order valence-corrected chi connectivity index (χ4v) is 3.94. The van der Waals surface area contributed by atoms with Crippen LogP contribution in [-0.2, 0) is 0 Å². The van der Waals surface area contributed by atoms with Gasteiger partial charge in [0.2, 0.25) is 0 Å². The van der Waals surface area contributed by atoms with E-state index >= 15 is 0 Å². The number of nitrogens with one attached hydrogen (secondary N) is 2. The Bertz CT molecular complexity index is 455. The number of rotatable bonds is 10. The first kappa shape index (κ1) is 18.9. The summed E-state index contributed by atoms with van der Waals surface area (Å²) in [5.41, 5.74) is 0.994. The summed E-state index contributed by atoms with van der Waals surface area (Å²) in [5, 5.41) is 13.3. The summed E-state index contributed by atoms with van der Waals surface area (Å²) in [6, 6.07) is 9.91. The zero-order chi connectivity index (χ0) is 15.9. The average molecular weight is 337 g/mol. The monoisotopic (exact) mass is 336 g/mol. The van der Waals surface area contributed by atoms with E-state index in [1.54, 1.807) is 11.8 Å². The minimum absolute atomic E-state index is 0.796. The van der Waals surface area contributed by atoms with Crippen LogP contribution in [0.15, 0.2) is 30.3 Å². The van der Waals surface area contributed by atoms with Crippen LogP contribution >= 0.6 is 23.5 Å². The predicted octanol–water partition coefficient (Wildman–Crippen LogP) is 3.61. The molecule has 0 atom stereocenters. The molecule has 2 N–H and O–H groups in total. The van der Waals surface area contributed by atoms with Crippen LogP contribution in [0.5, 0.6) is 0 Å². The minimum Gasteiger partial charge on any atom is -0.234 e. The average Bonchev–Trinajstić information content (AvgIpc) is 2.54. The fraction of sp³-hybridized carbons (Fsp3) is 0.529. The highest BCUT2D eigenvalue weighted by Gasteiger charge is 2.07. The molecule has 0 aliphatic carbocycles. The highest BCUT2D eigenvalue weighted by molar-refractivity contribution is 8.23. The summed E-state index contributed by atoms with van der Waals surface area (Å²) in [6.45, 7) is 2.25. The quantitative estimate of drug-likeness (QED) is 0.171. The molecule has 0 amide bonds. The molecule has 0 aliphatic heterocycles. The van der Waals surface area contributed by atoms with Crippen LogP contribution in [0.4, 0.5) is 5.69 Å². The number of hydrogen-bond donors (Lipinski definition) is 2. The second-order valence-electron chi connectivity index (χ2n) is 5.00. The molecule has 0 bridgehead atoms. The molecule has 0 heterocycles. The van der Waals surface area contributed by atoms with E-state index in [2.05, 4.69) is 17.2 Å². The van der Waals surface area contributed by atoms with Gasteiger partial charge in [0.25, 0.3) is 6.19 Å². The maximum Gasteiger partial charge on any atom is 0.324 e. The molecule has 22 heavy (non-hydrogen) atoms. The van der Waals surface area contributed by atoms with Crippen LogP contribution in [-0.4, -0.2) is 16.0 Å². The first-order chi connectivity index (χ1) is 10.9. The molecule has 5 heteroatoms. The number of unbranched alkanes of at least 4 members (excludes halogenated alkanes) is 5. The zero-order valence-corrected chi connectivity index (χ0v) is 14.9. The van der Waals surface area contributed by atoms with E-state index < -0.39 is 0 Å². The van der Waals surface area contributed by atoms with Crippen molar-refractivity contribution in [1.82, 2.24) is 5.32 Å². The molecule has 3 nitrogen and oxygen atoms in total. The molecule has 0 fully saturated rings. The number of hydrogen-bond acceptors (Lipinski definition) is 3. The molecule has 0 saturated carbocycles. The zero-order valence-electron chi connectivity index (χ0n) is 13.3. The Balaban J connectivity index is 2.17. The topological polar surface area (TPSA) is 49.8 Å². The van der Waals surface area contributed by atoms with Crippen molar-refractivity contribution in [1.29, 1.82) is 5.26 Å². The normalized spacial score (nSPS) is 11.2. The smallest absolute Gasteiger partial charge is 0.234 e. The third-order valence-corrected chi connectivity index (χ3v) is 5.34. The Hall–Kier alpha value is -1.12. The van der Waals surface area contributed by atoms with E-state index in [0.29, 0.717) is 0 Å². The third kappa shape index (κ3) is 9.75. The van der Waals surface area contributed by atoms with Crippen molar-refractivity contribution in [3.63, 3.8) is 0 Å². The highest BCUT2D eigenvalue weighted by Crippen LogP contribution is 2.14. The van der Waals surface area contributed by atoms with Crippen LogP contribution in [0.3, 0.4) is 0 Å². The summed E-state index contributed by atoms with van der Waals surface area (Å²) in [7, 11) is 0. The fourth-order valence-electron chi connectivity index (χ4n) is 1.95. The molecule has 120 valence electrons. The van der Waals surface area contributed by atoms with E-state index in [1.807, 2.05) is 48.3 Å². The Kier molecular flexibility index (Phi) is 11.6. The van der Waals surface area contributed by atoms with Gasteiger partial charge in [-0.25, -0.2) is 4.99 Å². The molecule has 0 spiro atoms. The van der Waals surface area contributed by atoms with Crippen LogP contribution in [0.25, 0.3) is 0 Å². The van der Waals surface area contributed by atoms with E-state index in [4.69, 9.17) is 5.26 Å². The van der Waals surface area contributed by atoms with Gasteiger partial charge < -0.3 is 0 Å². The van der Waals surface area contributed by atoms with Gasteiger partial charge in [-0.3, -0.25) is 0 Å². The molecule has 1 rings (SSSR count). The largest absolute Gasteiger partial charge is 0.324 e. The van der Waals surface area contributed by atoms with Gasteiger partial charge in [0.1, 0.15) is 5.69 Å². The van der Waals surface area contributed by atoms with Crippen molar-refractivity contribution >= 4 is 34.4 Å².